The van der Waals surface area contributed by atoms with E-state index >= 15 is 0 Å². The second-order valence-electron chi connectivity index (χ2n) is 6.91. The number of hydrogen-bond acceptors (Lipinski definition) is 5. The number of imide groups is 1. The minimum atomic E-state index is -1.24. The molecule has 1 atom stereocenters. The number of urea groups is 1. The van der Waals surface area contributed by atoms with Crippen LogP contribution in [0.5, 0.6) is 0 Å². The third-order valence-corrected chi connectivity index (χ3v) is 5.18. The summed E-state index contributed by atoms with van der Waals surface area (Å²) in [6.07, 6.45) is 1.45. The number of fused-ring (bicyclic) bond motifs is 1. The van der Waals surface area contributed by atoms with Crippen molar-refractivity contribution < 1.29 is 14.4 Å². The summed E-state index contributed by atoms with van der Waals surface area (Å²) >= 11 is 0. The molecule has 4 rings (SSSR count). The van der Waals surface area contributed by atoms with Crippen LogP contribution >= 0.6 is 0 Å². The standard InChI is InChI=1S/C21H19N5O4/c1-2-21(14-8-4-3-5-9-14)19(29)26(20(30)23-21)24-18(28)13-25-16-11-7-6-10-15(16)17(27)12-22-25/h3-12H,2,13H2,1H3,(H,23,30)(H,24,28)/t21-/m0/s1. The molecule has 2 heterocycles. The molecule has 1 aliphatic rings. The summed E-state index contributed by atoms with van der Waals surface area (Å²) in [5, 5.41) is 7.81. The summed E-state index contributed by atoms with van der Waals surface area (Å²) in [5.41, 5.74) is 1.97. The van der Waals surface area contributed by atoms with Gasteiger partial charge in [0.25, 0.3) is 11.8 Å². The van der Waals surface area contributed by atoms with E-state index in [-0.39, 0.29) is 12.0 Å². The smallest absolute Gasteiger partial charge is 0.318 e. The zero-order valence-corrected chi connectivity index (χ0v) is 16.2. The van der Waals surface area contributed by atoms with Crippen molar-refractivity contribution in [1.29, 1.82) is 0 Å². The molecule has 9 nitrogen and oxygen atoms in total. The van der Waals surface area contributed by atoms with Crippen LogP contribution in [0.3, 0.4) is 0 Å². The highest BCUT2D eigenvalue weighted by molar-refractivity contribution is 6.08. The van der Waals surface area contributed by atoms with E-state index in [9.17, 15) is 19.2 Å². The maximum absolute atomic E-state index is 13.1. The Morgan fingerprint density at radius 1 is 1.07 bits per heavy atom. The van der Waals surface area contributed by atoms with Crippen molar-refractivity contribution in [2.24, 2.45) is 0 Å². The van der Waals surface area contributed by atoms with E-state index in [1.165, 1.54) is 4.68 Å². The van der Waals surface area contributed by atoms with E-state index in [1.54, 1.807) is 55.5 Å². The number of hydrogen-bond donors (Lipinski definition) is 2. The van der Waals surface area contributed by atoms with Crippen LogP contribution in [0.1, 0.15) is 18.9 Å². The molecule has 4 amide bonds. The lowest BCUT2D eigenvalue weighted by molar-refractivity contribution is -0.139. The predicted molar refractivity (Wildman–Crippen MR) is 108 cm³/mol. The average molecular weight is 405 g/mol. The molecule has 0 unspecified atom stereocenters. The maximum atomic E-state index is 13.1. The SMILES string of the molecule is CC[C@@]1(c2ccccc2)NC(=O)N(NC(=O)Cn2ncc(=O)c3ccccc32)C1=O. The third kappa shape index (κ3) is 3.10. The Kier molecular flexibility index (Phi) is 4.78. The number of hydrazine groups is 1. The fraction of sp³-hybridized carbons (Fsp3) is 0.190. The third-order valence-electron chi connectivity index (χ3n) is 5.18. The number of aromatic nitrogens is 2. The summed E-state index contributed by atoms with van der Waals surface area (Å²) in [7, 11) is 0. The lowest BCUT2D eigenvalue weighted by Gasteiger charge is -2.25. The Morgan fingerprint density at radius 2 is 1.77 bits per heavy atom. The fourth-order valence-corrected chi connectivity index (χ4v) is 3.62. The monoisotopic (exact) mass is 405 g/mol. The summed E-state index contributed by atoms with van der Waals surface area (Å²) in [4.78, 5) is 50.1. The first kappa shape index (κ1) is 19.3. The molecule has 1 aliphatic heterocycles. The number of carbonyl (C=O) groups is 3. The van der Waals surface area contributed by atoms with E-state index in [0.29, 0.717) is 27.9 Å². The minimum Gasteiger partial charge on any atom is -0.318 e. The molecule has 0 bridgehead atoms. The molecule has 30 heavy (non-hydrogen) atoms. The number of amides is 4. The van der Waals surface area contributed by atoms with Gasteiger partial charge >= 0.3 is 6.03 Å². The number of para-hydroxylation sites is 1. The van der Waals surface area contributed by atoms with Gasteiger partial charge in [-0.05, 0) is 24.1 Å². The van der Waals surface area contributed by atoms with Crippen LogP contribution in [0, 0.1) is 0 Å². The van der Waals surface area contributed by atoms with Gasteiger partial charge in [-0.25, -0.2) is 4.79 Å². The summed E-state index contributed by atoms with van der Waals surface area (Å²) in [6.45, 7) is 1.51. The molecule has 0 spiro atoms. The van der Waals surface area contributed by atoms with E-state index in [4.69, 9.17) is 0 Å². The second kappa shape index (κ2) is 7.43. The highest BCUT2D eigenvalue weighted by Gasteiger charge is 2.52. The predicted octanol–water partition coefficient (Wildman–Crippen LogP) is 1.28. The van der Waals surface area contributed by atoms with Gasteiger partial charge in [-0.1, -0.05) is 49.4 Å². The Labute approximate surface area is 171 Å². The topological polar surface area (TPSA) is 113 Å². The van der Waals surface area contributed by atoms with Gasteiger partial charge in [-0.3, -0.25) is 24.5 Å². The minimum absolute atomic E-state index is 0.257. The first-order valence-electron chi connectivity index (χ1n) is 9.43. The van der Waals surface area contributed by atoms with Crippen molar-refractivity contribution in [1.82, 2.24) is 25.5 Å². The van der Waals surface area contributed by atoms with E-state index in [2.05, 4.69) is 15.8 Å². The zero-order chi connectivity index (χ0) is 21.3. The molecular weight excluding hydrogens is 386 g/mol. The van der Waals surface area contributed by atoms with E-state index in [1.807, 2.05) is 6.07 Å². The van der Waals surface area contributed by atoms with Gasteiger partial charge in [0.15, 0.2) is 0 Å². The first-order chi connectivity index (χ1) is 14.5. The van der Waals surface area contributed by atoms with Crippen molar-refractivity contribution in [2.45, 2.75) is 25.4 Å². The van der Waals surface area contributed by atoms with E-state index in [0.717, 1.165) is 6.20 Å². The Morgan fingerprint density at radius 3 is 2.50 bits per heavy atom. The van der Waals surface area contributed by atoms with Crippen molar-refractivity contribution >= 4 is 28.7 Å². The molecular formula is C21H19N5O4. The van der Waals surface area contributed by atoms with Crippen LogP contribution in [0.25, 0.3) is 10.9 Å². The van der Waals surface area contributed by atoms with Crippen LogP contribution < -0.4 is 16.2 Å². The lowest BCUT2D eigenvalue weighted by Crippen LogP contribution is -2.49. The molecule has 1 saturated heterocycles. The quantitative estimate of drug-likeness (QED) is 0.621. The van der Waals surface area contributed by atoms with Gasteiger partial charge in [-0.2, -0.15) is 10.1 Å². The Balaban J connectivity index is 1.57. The summed E-state index contributed by atoms with van der Waals surface area (Å²) in [6, 6.07) is 14.9. The summed E-state index contributed by atoms with van der Waals surface area (Å²) in [5.74, 6) is -1.19. The lowest BCUT2D eigenvalue weighted by atomic mass is 9.87. The molecule has 3 aromatic rings. The van der Waals surface area contributed by atoms with Gasteiger partial charge in [-0.15, -0.1) is 0 Å². The number of benzene rings is 2. The highest BCUT2D eigenvalue weighted by Crippen LogP contribution is 2.31. The van der Waals surface area contributed by atoms with Crippen LogP contribution in [0.2, 0.25) is 0 Å². The molecule has 9 heteroatoms. The van der Waals surface area contributed by atoms with Crippen molar-refractivity contribution in [3.05, 3.63) is 76.6 Å². The molecule has 152 valence electrons. The fourth-order valence-electron chi connectivity index (χ4n) is 3.62. The molecule has 1 fully saturated rings. The second-order valence-corrected chi connectivity index (χ2v) is 6.91. The molecule has 2 aromatic carbocycles. The number of rotatable bonds is 5. The molecule has 2 N–H and O–H groups in total. The summed E-state index contributed by atoms with van der Waals surface area (Å²) < 4.78 is 1.34. The first-order valence-corrected chi connectivity index (χ1v) is 9.43. The normalized spacial score (nSPS) is 18.5. The number of nitrogens with one attached hydrogen (secondary N) is 2. The van der Waals surface area contributed by atoms with E-state index < -0.39 is 23.4 Å². The van der Waals surface area contributed by atoms with Gasteiger partial charge in [0, 0.05) is 5.39 Å². The van der Waals surface area contributed by atoms with Crippen molar-refractivity contribution in [3.8, 4) is 0 Å². The van der Waals surface area contributed by atoms with Gasteiger partial charge in [0.05, 0.1) is 11.7 Å². The van der Waals surface area contributed by atoms with Crippen molar-refractivity contribution in [3.63, 3.8) is 0 Å². The highest BCUT2D eigenvalue weighted by atomic mass is 16.2. The van der Waals surface area contributed by atoms with Gasteiger partial charge < -0.3 is 5.32 Å². The molecule has 1 aromatic heterocycles. The maximum Gasteiger partial charge on any atom is 0.344 e. The largest absolute Gasteiger partial charge is 0.344 e. The van der Waals surface area contributed by atoms with Gasteiger partial charge in [0.2, 0.25) is 5.43 Å². The van der Waals surface area contributed by atoms with Crippen LogP contribution in [0.4, 0.5) is 4.79 Å². The van der Waals surface area contributed by atoms with Crippen LogP contribution in [-0.4, -0.2) is 32.6 Å². The Hall–Kier alpha value is -4.01. The Bertz CT molecular complexity index is 1210. The van der Waals surface area contributed by atoms with Gasteiger partial charge in [0.1, 0.15) is 12.1 Å². The molecule has 0 aliphatic carbocycles. The van der Waals surface area contributed by atoms with Crippen molar-refractivity contribution in [2.75, 3.05) is 0 Å². The molecule has 0 radical (unpaired) electrons. The van der Waals surface area contributed by atoms with Crippen LogP contribution in [0.15, 0.2) is 65.6 Å². The number of nitrogens with zero attached hydrogens (tertiary/aromatic N) is 3. The molecule has 0 saturated carbocycles. The number of carbonyl (C=O) groups excluding carboxylic acids is 3. The van der Waals surface area contributed by atoms with Crippen LogP contribution in [-0.2, 0) is 21.7 Å². The zero-order valence-electron chi connectivity index (χ0n) is 16.2. The average Bonchev–Trinajstić information content (AvgIpc) is 3.01.